The molecule has 216 valence electrons. The SMILES string of the molecule is CC(=O)NCCn1cc2cc(Nc3nc(=O)n(Cc4ccccn4)c(=O)n3Cc3cc(F)c(F)cc3F)c(Cl)cc2n1. The van der Waals surface area contributed by atoms with Gasteiger partial charge < -0.3 is 10.6 Å². The minimum atomic E-state index is -1.39. The van der Waals surface area contributed by atoms with E-state index in [1.54, 1.807) is 41.2 Å². The van der Waals surface area contributed by atoms with Crippen LogP contribution in [0.4, 0.5) is 24.8 Å². The standard InChI is InChI=1S/C27H22ClF3N8O3/c1-15(40)32-6-7-37-12-17-9-24(19(28)10-23(17)36-37)34-25-35-26(41)39(14-18-4-2-3-5-33-18)27(42)38(25)13-16-8-21(30)22(31)11-20(16)29/h2-5,8-12H,6-7,13-14H2,1H3,(H,32,40)(H,34,35,41). The van der Waals surface area contributed by atoms with Gasteiger partial charge in [0.05, 0.1) is 41.6 Å². The van der Waals surface area contributed by atoms with E-state index < -0.39 is 35.4 Å². The molecule has 2 aromatic carbocycles. The van der Waals surface area contributed by atoms with E-state index in [4.69, 9.17) is 11.6 Å². The van der Waals surface area contributed by atoms with Gasteiger partial charge in [0, 0.05) is 42.9 Å². The maximum atomic E-state index is 14.6. The van der Waals surface area contributed by atoms with Crippen LogP contribution in [0.15, 0.2) is 64.4 Å². The van der Waals surface area contributed by atoms with Crippen LogP contribution in [0, 0.1) is 17.5 Å². The summed E-state index contributed by atoms with van der Waals surface area (Å²) in [5.41, 5.74) is -1.04. The summed E-state index contributed by atoms with van der Waals surface area (Å²) < 4.78 is 45.5. The topological polar surface area (TPSA) is 129 Å². The van der Waals surface area contributed by atoms with E-state index in [-0.39, 0.29) is 34.7 Å². The Bertz CT molecular complexity index is 1920. The first-order valence-electron chi connectivity index (χ1n) is 12.5. The third-order valence-corrected chi connectivity index (χ3v) is 6.53. The number of pyridine rings is 1. The summed E-state index contributed by atoms with van der Waals surface area (Å²) in [6.07, 6.45) is 3.19. The fourth-order valence-corrected chi connectivity index (χ4v) is 4.39. The molecule has 0 saturated heterocycles. The smallest absolute Gasteiger partial charge is 0.354 e. The zero-order valence-electron chi connectivity index (χ0n) is 21.9. The van der Waals surface area contributed by atoms with Crippen molar-refractivity contribution in [2.45, 2.75) is 26.6 Å². The fourth-order valence-electron chi connectivity index (χ4n) is 4.19. The van der Waals surface area contributed by atoms with Gasteiger partial charge in [-0.05, 0) is 30.3 Å². The van der Waals surface area contributed by atoms with Gasteiger partial charge in [-0.15, -0.1) is 0 Å². The molecule has 1 amide bonds. The Hall–Kier alpha value is -4.98. The van der Waals surface area contributed by atoms with Crippen LogP contribution in [0.5, 0.6) is 0 Å². The highest BCUT2D eigenvalue weighted by molar-refractivity contribution is 6.34. The first kappa shape index (κ1) is 28.5. The summed E-state index contributed by atoms with van der Waals surface area (Å²) in [4.78, 5) is 45.8. The van der Waals surface area contributed by atoms with Gasteiger partial charge in [0.25, 0.3) is 0 Å². The predicted molar refractivity (Wildman–Crippen MR) is 148 cm³/mol. The number of nitrogens with zero attached hydrogens (tertiary/aromatic N) is 6. The highest BCUT2D eigenvalue weighted by Gasteiger charge is 2.19. The number of carbonyl (C=O) groups excluding carboxylic acids is 1. The molecule has 5 rings (SSSR count). The Morgan fingerprint density at radius 2 is 1.79 bits per heavy atom. The maximum absolute atomic E-state index is 14.6. The first-order valence-corrected chi connectivity index (χ1v) is 12.9. The van der Waals surface area contributed by atoms with Gasteiger partial charge in [-0.3, -0.25) is 19.0 Å². The molecule has 0 spiro atoms. The van der Waals surface area contributed by atoms with E-state index >= 15 is 0 Å². The zero-order chi connectivity index (χ0) is 30.0. The number of aromatic nitrogens is 6. The minimum Gasteiger partial charge on any atom is -0.354 e. The second-order valence-electron chi connectivity index (χ2n) is 9.24. The Balaban J connectivity index is 1.56. The molecule has 42 heavy (non-hydrogen) atoms. The number of carbonyl (C=O) groups is 1. The Kier molecular flexibility index (Phi) is 8.06. The summed E-state index contributed by atoms with van der Waals surface area (Å²) in [5.74, 6) is -4.29. The third kappa shape index (κ3) is 6.17. The normalized spacial score (nSPS) is 11.2. The van der Waals surface area contributed by atoms with Crippen molar-refractivity contribution in [3.05, 3.63) is 110 Å². The number of amides is 1. The minimum absolute atomic E-state index is 0.159. The van der Waals surface area contributed by atoms with Crippen LogP contribution >= 0.6 is 11.6 Å². The fraction of sp³-hybridized carbons (Fsp3) is 0.185. The Labute approximate surface area is 240 Å². The van der Waals surface area contributed by atoms with Crippen LogP contribution in [-0.4, -0.2) is 41.3 Å². The van der Waals surface area contributed by atoms with Gasteiger partial charge in [-0.1, -0.05) is 17.7 Å². The van der Waals surface area contributed by atoms with Crippen molar-refractivity contribution in [3.8, 4) is 0 Å². The summed E-state index contributed by atoms with van der Waals surface area (Å²) in [7, 11) is 0. The van der Waals surface area contributed by atoms with Crippen LogP contribution < -0.4 is 22.0 Å². The molecule has 0 radical (unpaired) electrons. The molecule has 5 aromatic rings. The van der Waals surface area contributed by atoms with Gasteiger partial charge in [0.15, 0.2) is 11.6 Å². The number of benzene rings is 2. The van der Waals surface area contributed by atoms with Crippen LogP contribution in [0.25, 0.3) is 10.9 Å². The van der Waals surface area contributed by atoms with Crippen LogP contribution in [0.2, 0.25) is 5.02 Å². The van der Waals surface area contributed by atoms with Crippen molar-refractivity contribution < 1.29 is 18.0 Å². The zero-order valence-corrected chi connectivity index (χ0v) is 22.7. The van der Waals surface area contributed by atoms with Crippen molar-refractivity contribution >= 4 is 40.0 Å². The summed E-state index contributed by atoms with van der Waals surface area (Å²) >= 11 is 6.48. The molecule has 0 aliphatic heterocycles. The molecule has 0 atom stereocenters. The predicted octanol–water partition coefficient (Wildman–Crippen LogP) is 3.20. The summed E-state index contributed by atoms with van der Waals surface area (Å²) in [6.45, 7) is 1.32. The van der Waals surface area contributed by atoms with Crippen molar-refractivity contribution in [2.24, 2.45) is 0 Å². The van der Waals surface area contributed by atoms with E-state index in [2.05, 4.69) is 25.7 Å². The number of hydrogen-bond donors (Lipinski definition) is 2. The quantitative estimate of drug-likeness (QED) is 0.249. The lowest BCUT2D eigenvalue weighted by Gasteiger charge is -2.16. The van der Waals surface area contributed by atoms with Gasteiger partial charge in [0.1, 0.15) is 5.82 Å². The lowest BCUT2D eigenvalue weighted by Crippen LogP contribution is -2.43. The molecular weight excluding hydrogens is 577 g/mol. The highest BCUT2D eigenvalue weighted by atomic mass is 35.5. The second-order valence-corrected chi connectivity index (χ2v) is 9.65. The molecule has 0 saturated carbocycles. The number of rotatable bonds is 9. The van der Waals surface area contributed by atoms with E-state index in [0.717, 1.165) is 9.13 Å². The molecule has 0 aliphatic carbocycles. The van der Waals surface area contributed by atoms with Gasteiger partial charge in [-0.2, -0.15) is 10.1 Å². The summed E-state index contributed by atoms with van der Waals surface area (Å²) in [5, 5.41) is 10.7. The molecule has 2 N–H and O–H groups in total. The van der Waals surface area contributed by atoms with Crippen molar-refractivity contribution in [2.75, 3.05) is 11.9 Å². The number of halogens is 4. The van der Waals surface area contributed by atoms with Crippen LogP contribution in [0.1, 0.15) is 18.2 Å². The maximum Gasteiger partial charge on any atom is 0.355 e. The van der Waals surface area contributed by atoms with E-state index in [1.165, 1.54) is 13.1 Å². The molecule has 0 unspecified atom stereocenters. The molecule has 15 heteroatoms. The lowest BCUT2D eigenvalue weighted by molar-refractivity contribution is -0.118. The van der Waals surface area contributed by atoms with Gasteiger partial charge >= 0.3 is 11.4 Å². The van der Waals surface area contributed by atoms with Gasteiger partial charge in [-0.25, -0.2) is 27.3 Å². The molecule has 11 nitrogen and oxygen atoms in total. The number of fused-ring (bicyclic) bond motifs is 1. The van der Waals surface area contributed by atoms with Gasteiger partial charge in [0.2, 0.25) is 11.9 Å². The number of nitrogens with one attached hydrogen (secondary N) is 2. The molecule has 0 fully saturated rings. The largest absolute Gasteiger partial charge is 0.355 e. The van der Waals surface area contributed by atoms with Crippen LogP contribution in [0.3, 0.4) is 0 Å². The monoisotopic (exact) mass is 598 g/mol. The second kappa shape index (κ2) is 11.9. The van der Waals surface area contributed by atoms with Crippen molar-refractivity contribution in [3.63, 3.8) is 0 Å². The van der Waals surface area contributed by atoms with E-state index in [9.17, 15) is 27.6 Å². The molecule has 0 aliphatic rings. The Morgan fingerprint density at radius 1 is 1.00 bits per heavy atom. The average Bonchev–Trinajstić information content (AvgIpc) is 3.33. The Morgan fingerprint density at radius 3 is 2.52 bits per heavy atom. The lowest BCUT2D eigenvalue weighted by atomic mass is 10.2. The first-order chi connectivity index (χ1) is 20.1. The molecule has 3 aromatic heterocycles. The molecule has 0 bridgehead atoms. The van der Waals surface area contributed by atoms with Crippen molar-refractivity contribution in [1.29, 1.82) is 0 Å². The van der Waals surface area contributed by atoms with E-state index in [1.807, 2.05) is 0 Å². The summed E-state index contributed by atoms with van der Waals surface area (Å²) in [6, 6.07) is 9.09. The highest BCUT2D eigenvalue weighted by Crippen LogP contribution is 2.29. The third-order valence-electron chi connectivity index (χ3n) is 6.22. The number of anilines is 2. The molecule has 3 heterocycles. The number of hydrogen-bond acceptors (Lipinski definition) is 7. The molecular formula is C27H22ClF3N8O3. The average molecular weight is 599 g/mol. The van der Waals surface area contributed by atoms with E-state index in [0.29, 0.717) is 41.8 Å². The van der Waals surface area contributed by atoms with Crippen LogP contribution in [-0.2, 0) is 24.4 Å². The van der Waals surface area contributed by atoms with Crippen molar-refractivity contribution in [1.82, 2.24) is 34.2 Å².